The van der Waals surface area contributed by atoms with Gasteiger partial charge in [-0.15, -0.1) is 0 Å². The highest BCUT2D eigenvalue weighted by molar-refractivity contribution is 6.76. The third kappa shape index (κ3) is 9.10. The first-order valence-corrected chi connectivity index (χ1v) is 21.0. The molecule has 1 aliphatic heterocycles. The first-order valence-electron chi connectivity index (χ1n) is 17.3. The average Bonchev–Trinajstić information content (AvgIpc) is 3.80. The van der Waals surface area contributed by atoms with Crippen LogP contribution in [0.15, 0.2) is 12.1 Å². The molecule has 0 bridgehead atoms. The van der Waals surface area contributed by atoms with Crippen molar-refractivity contribution in [3.8, 4) is 22.8 Å². The fraction of sp³-hybridized carbons (Fsp3) is 0.611. The molecule has 1 N–H and O–H groups in total. The highest BCUT2D eigenvalue weighted by Gasteiger charge is 2.32. The second-order valence-corrected chi connectivity index (χ2v) is 21.1. The number of benzene rings is 1. The Hall–Kier alpha value is -3.71. The summed E-state index contributed by atoms with van der Waals surface area (Å²) in [7, 11) is 0.0676. The van der Waals surface area contributed by atoms with Crippen LogP contribution < -0.4 is 14.8 Å². The Bertz CT molecular complexity index is 1690. The summed E-state index contributed by atoms with van der Waals surface area (Å²) in [5, 5.41) is 3.20. The van der Waals surface area contributed by atoms with Gasteiger partial charge < -0.3 is 33.7 Å². The molecule has 268 valence electrons. The SMILES string of the molecule is COc1cc(OCC2CC2)c(-c2nc(C)nc3c(C(=O)NC4CCN(C(=O)OC(C)(C)C)CC4)c(C)n(COCC[Si](C)(C)C)c23)cc1F. The van der Waals surface area contributed by atoms with Crippen molar-refractivity contribution in [3.05, 3.63) is 35.0 Å². The predicted molar refractivity (Wildman–Crippen MR) is 190 cm³/mol. The van der Waals surface area contributed by atoms with E-state index >= 15 is 4.39 Å². The van der Waals surface area contributed by atoms with Crippen LogP contribution in [0.1, 0.15) is 68.3 Å². The van der Waals surface area contributed by atoms with Gasteiger partial charge in [0.25, 0.3) is 5.91 Å². The van der Waals surface area contributed by atoms with Crippen LogP contribution in [0.5, 0.6) is 11.5 Å². The summed E-state index contributed by atoms with van der Waals surface area (Å²) in [5.41, 5.74) is 2.45. The molecule has 49 heavy (non-hydrogen) atoms. The van der Waals surface area contributed by atoms with Crippen LogP contribution >= 0.6 is 0 Å². The Morgan fingerprint density at radius 2 is 1.73 bits per heavy atom. The van der Waals surface area contributed by atoms with Crippen LogP contribution in [0.3, 0.4) is 0 Å². The van der Waals surface area contributed by atoms with Crippen molar-refractivity contribution in [2.24, 2.45) is 5.92 Å². The maximum Gasteiger partial charge on any atom is 0.410 e. The van der Waals surface area contributed by atoms with E-state index in [0.717, 1.165) is 18.9 Å². The van der Waals surface area contributed by atoms with E-state index in [2.05, 4.69) is 25.0 Å². The number of aromatic nitrogens is 3. The van der Waals surface area contributed by atoms with E-state index in [0.29, 0.717) is 90.2 Å². The number of nitrogens with one attached hydrogen (secondary N) is 1. The number of likely N-dealkylation sites (tertiary alicyclic amines) is 1. The Morgan fingerprint density at radius 3 is 2.35 bits per heavy atom. The molecule has 13 heteroatoms. The molecule has 0 unspecified atom stereocenters. The minimum absolute atomic E-state index is 0.0793. The molecule has 0 spiro atoms. The maximum absolute atomic E-state index is 15.4. The topological polar surface area (TPSA) is 117 Å². The second kappa shape index (κ2) is 14.6. The fourth-order valence-electron chi connectivity index (χ4n) is 5.90. The number of nitrogens with zero attached hydrogens (tertiary/aromatic N) is 4. The van der Waals surface area contributed by atoms with E-state index in [1.165, 1.54) is 13.2 Å². The number of carbonyl (C=O) groups excluding carboxylic acids is 2. The zero-order chi connectivity index (χ0) is 35.7. The summed E-state index contributed by atoms with van der Waals surface area (Å²) in [6.07, 6.45) is 3.03. The number of ether oxygens (including phenoxy) is 4. The summed E-state index contributed by atoms with van der Waals surface area (Å²) in [6, 6.07) is 3.79. The molecule has 2 aromatic heterocycles. The lowest BCUT2D eigenvalue weighted by molar-refractivity contribution is 0.0199. The van der Waals surface area contributed by atoms with Crippen LogP contribution in [0.2, 0.25) is 25.7 Å². The van der Waals surface area contributed by atoms with Gasteiger partial charge in [0.15, 0.2) is 11.6 Å². The Balaban J connectivity index is 1.52. The van der Waals surface area contributed by atoms with E-state index < -0.39 is 19.5 Å². The van der Waals surface area contributed by atoms with E-state index in [4.69, 9.17) is 28.9 Å². The smallest absolute Gasteiger partial charge is 0.410 e. The number of hydrogen-bond acceptors (Lipinski definition) is 8. The maximum atomic E-state index is 15.4. The second-order valence-electron chi connectivity index (χ2n) is 15.5. The molecule has 2 amide bonds. The standard InChI is InChI=1S/C36H52FN5O6Si/c1-22-30(34(43)40-25-12-14-41(15-13-25)35(44)48-36(3,4)5)32-33(42(22)21-46-16-17-49(7,8)9)31(38-23(2)39-32)26-18-27(37)29(45-6)19-28(26)47-20-24-10-11-24/h18-19,24-25H,10-17,20-21H2,1-9H3,(H,40,43). The fourth-order valence-corrected chi connectivity index (χ4v) is 6.66. The van der Waals surface area contributed by atoms with Crippen LogP contribution in [-0.2, 0) is 16.2 Å². The van der Waals surface area contributed by atoms with Crippen molar-refractivity contribution >= 4 is 31.1 Å². The predicted octanol–water partition coefficient (Wildman–Crippen LogP) is 7.09. The number of rotatable bonds is 12. The molecule has 0 atom stereocenters. The minimum atomic E-state index is -1.36. The number of aryl methyl sites for hydroxylation is 1. The van der Waals surface area contributed by atoms with Crippen molar-refractivity contribution < 1.29 is 32.9 Å². The van der Waals surface area contributed by atoms with Crippen LogP contribution in [0.4, 0.5) is 9.18 Å². The zero-order valence-corrected chi connectivity index (χ0v) is 31.5. The molecule has 11 nitrogen and oxygen atoms in total. The molecule has 1 saturated carbocycles. The first-order chi connectivity index (χ1) is 23.0. The number of hydrogen-bond donors (Lipinski definition) is 1. The van der Waals surface area contributed by atoms with Gasteiger partial charge in [-0.3, -0.25) is 4.79 Å². The van der Waals surface area contributed by atoms with Crippen LogP contribution in [-0.4, -0.2) is 84.6 Å². The third-order valence-corrected chi connectivity index (χ3v) is 10.6. The molecular weight excluding hydrogens is 646 g/mol. The first kappa shape index (κ1) is 36.6. The van der Waals surface area contributed by atoms with E-state index in [9.17, 15) is 9.59 Å². The van der Waals surface area contributed by atoms with E-state index in [-0.39, 0.29) is 30.5 Å². The van der Waals surface area contributed by atoms with Crippen LogP contribution in [0.25, 0.3) is 22.3 Å². The lowest BCUT2D eigenvalue weighted by Gasteiger charge is -2.33. The lowest BCUT2D eigenvalue weighted by Crippen LogP contribution is -2.47. The molecule has 1 aromatic carbocycles. The highest BCUT2D eigenvalue weighted by Crippen LogP contribution is 2.41. The Kier molecular flexibility index (Phi) is 10.9. The molecular formula is C36H52FN5O6Si. The van der Waals surface area contributed by atoms with Crippen molar-refractivity contribution in [2.75, 3.05) is 33.4 Å². The summed E-state index contributed by atoms with van der Waals surface area (Å²) in [5.74, 6) is 0.622. The lowest BCUT2D eigenvalue weighted by atomic mass is 10.0. The number of methoxy groups -OCH3 is 1. The number of carbonyl (C=O) groups is 2. The number of piperidine rings is 1. The minimum Gasteiger partial charge on any atom is -0.494 e. The molecule has 1 aliphatic carbocycles. The van der Waals surface area contributed by atoms with E-state index in [1.54, 1.807) is 17.9 Å². The largest absolute Gasteiger partial charge is 0.494 e. The number of halogens is 1. The molecule has 2 aliphatic rings. The molecule has 2 fully saturated rings. The quantitative estimate of drug-likeness (QED) is 0.158. The monoisotopic (exact) mass is 697 g/mol. The van der Waals surface area contributed by atoms with Gasteiger partial charge in [0.2, 0.25) is 0 Å². The van der Waals surface area contributed by atoms with Crippen molar-refractivity contribution in [1.82, 2.24) is 24.8 Å². The number of fused-ring (bicyclic) bond motifs is 1. The van der Waals surface area contributed by atoms with Gasteiger partial charge >= 0.3 is 6.09 Å². The molecule has 1 saturated heterocycles. The molecule has 5 rings (SSSR count). The third-order valence-electron chi connectivity index (χ3n) is 8.88. The van der Waals surface area contributed by atoms with Gasteiger partial charge in [-0.05, 0) is 78.3 Å². The summed E-state index contributed by atoms with van der Waals surface area (Å²) in [6.45, 7) is 18.3. The zero-order valence-electron chi connectivity index (χ0n) is 30.5. The van der Waals surface area contributed by atoms with Gasteiger partial charge in [-0.2, -0.15) is 0 Å². The summed E-state index contributed by atoms with van der Waals surface area (Å²) < 4.78 is 40.6. The van der Waals surface area contributed by atoms with Crippen molar-refractivity contribution in [1.29, 1.82) is 0 Å². The number of amides is 2. The highest BCUT2D eigenvalue weighted by atomic mass is 28.3. The van der Waals surface area contributed by atoms with Gasteiger partial charge in [-0.1, -0.05) is 19.6 Å². The van der Waals surface area contributed by atoms with Gasteiger partial charge in [-0.25, -0.2) is 19.2 Å². The average molecular weight is 698 g/mol. The Labute approximate surface area is 289 Å². The Morgan fingerprint density at radius 1 is 1.04 bits per heavy atom. The van der Waals surface area contributed by atoms with Gasteiger partial charge in [0.05, 0.1) is 24.8 Å². The van der Waals surface area contributed by atoms with Gasteiger partial charge in [0.1, 0.15) is 35.1 Å². The summed E-state index contributed by atoms with van der Waals surface area (Å²) in [4.78, 5) is 38.1. The van der Waals surface area contributed by atoms with Crippen LogP contribution in [0, 0.1) is 25.6 Å². The summed E-state index contributed by atoms with van der Waals surface area (Å²) >= 11 is 0. The van der Waals surface area contributed by atoms with Gasteiger partial charge in [0, 0.05) is 51.1 Å². The normalized spacial score (nSPS) is 15.8. The molecule has 3 heterocycles. The van der Waals surface area contributed by atoms with Crippen molar-refractivity contribution in [3.63, 3.8) is 0 Å². The van der Waals surface area contributed by atoms with Crippen molar-refractivity contribution in [2.45, 2.75) is 104 Å². The molecule has 3 aromatic rings. The molecule has 0 radical (unpaired) electrons. The van der Waals surface area contributed by atoms with E-state index in [1.807, 2.05) is 32.3 Å².